The first-order valence-corrected chi connectivity index (χ1v) is 5.50. The Morgan fingerprint density at radius 3 is 2.46 bits per heavy atom. The molecule has 0 aromatic carbocycles. The third-order valence-electron chi connectivity index (χ3n) is 1.82. The third kappa shape index (κ3) is 3.83. The molecule has 1 aliphatic rings. The van der Waals surface area contributed by atoms with Crippen molar-refractivity contribution in [3.63, 3.8) is 0 Å². The molecule has 7 heteroatoms. The van der Waals surface area contributed by atoms with Gasteiger partial charge in [-0.1, -0.05) is 0 Å². The number of ether oxygens (including phenoxy) is 1. The van der Waals surface area contributed by atoms with Crippen LogP contribution in [-0.2, 0) is 9.26 Å². The monoisotopic (exact) mass is 213 g/mol. The minimum atomic E-state index is -4.21. The van der Waals surface area contributed by atoms with Crippen LogP contribution >= 0.6 is 8.17 Å². The summed E-state index contributed by atoms with van der Waals surface area (Å²) in [5, 5.41) is 9.32. The van der Waals surface area contributed by atoms with Gasteiger partial charge in [0.25, 0.3) is 0 Å². The van der Waals surface area contributed by atoms with Crippen molar-refractivity contribution in [1.82, 2.24) is 0 Å². The maximum Gasteiger partial charge on any atom is 0.567 e. The van der Waals surface area contributed by atoms with E-state index in [1.165, 1.54) is 0 Å². The van der Waals surface area contributed by atoms with Gasteiger partial charge in [0.05, 0.1) is 12.2 Å². The highest BCUT2D eigenvalue weighted by molar-refractivity contribution is 7.53. The maximum atomic E-state index is 9.32. The van der Waals surface area contributed by atoms with E-state index in [0.717, 1.165) is 0 Å². The van der Waals surface area contributed by atoms with E-state index in [0.29, 0.717) is 6.42 Å². The van der Waals surface area contributed by atoms with Gasteiger partial charge >= 0.3 is 8.17 Å². The quantitative estimate of drug-likeness (QED) is 0.458. The smallest absolute Gasteiger partial charge is 0.390 e. The first kappa shape index (κ1) is 11.3. The topological polar surface area (TPSA) is 99.4 Å². The fourth-order valence-electron chi connectivity index (χ4n) is 1.26. The first-order chi connectivity index (χ1) is 5.88. The van der Waals surface area contributed by atoms with Gasteiger partial charge < -0.3 is 9.84 Å². The van der Waals surface area contributed by atoms with Crippen molar-refractivity contribution >= 4 is 8.17 Å². The van der Waals surface area contributed by atoms with Gasteiger partial charge in [-0.2, -0.15) is 19.2 Å². The summed E-state index contributed by atoms with van der Waals surface area (Å²) in [7, 11) is -4.21. The molecule has 1 heterocycles. The lowest BCUT2D eigenvalue weighted by atomic mass is 10.1. The molecule has 0 spiro atoms. The average molecular weight is 213 g/mol. The highest BCUT2D eigenvalue weighted by atomic mass is 31.2. The highest BCUT2D eigenvalue weighted by Gasteiger charge is 2.39. The molecule has 1 rings (SSSR count). The van der Waals surface area contributed by atoms with Crippen LogP contribution in [-0.4, -0.2) is 44.7 Å². The SMILES string of the molecule is CC1CC(O)C(CO[P+](O)(O)O)O1. The molecular weight excluding hydrogens is 199 g/mol. The predicted octanol–water partition coefficient (Wildman–Crippen LogP) is -0.804. The van der Waals surface area contributed by atoms with Crippen LogP contribution in [0.2, 0.25) is 0 Å². The van der Waals surface area contributed by atoms with Gasteiger partial charge in [0, 0.05) is 6.42 Å². The lowest BCUT2D eigenvalue weighted by Crippen LogP contribution is -2.26. The van der Waals surface area contributed by atoms with Crippen LogP contribution < -0.4 is 0 Å². The second kappa shape index (κ2) is 4.14. The van der Waals surface area contributed by atoms with E-state index in [1.807, 2.05) is 0 Å². The Kier molecular flexibility index (Phi) is 3.59. The predicted molar refractivity (Wildman–Crippen MR) is 44.5 cm³/mol. The fourth-order valence-corrected chi connectivity index (χ4v) is 1.61. The average Bonchev–Trinajstić information content (AvgIpc) is 2.24. The molecule has 3 unspecified atom stereocenters. The van der Waals surface area contributed by atoms with E-state index >= 15 is 0 Å². The molecule has 4 N–H and O–H groups in total. The lowest BCUT2D eigenvalue weighted by Gasteiger charge is -2.12. The van der Waals surface area contributed by atoms with Crippen molar-refractivity contribution in [2.75, 3.05) is 6.61 Å². The van der Waals surface area contributed by atoms with Crippen molar-refractivity contribution in [2.24, 2.45) is 0 Å². The van der Waals surface area contributed by atoms with E-state index < -0.39 is 20.4 Å². The number of aliphatic hydroxyl groups excluding tert-OH is 1. The zero-order valence-electron chi connectivity index (χ0n) is 7.20. The molecule has 0 aliphatic carbocycles. The van der Waals surface area contributed by atoms with Gasteiger partial charge in [0.15, 0.2) is 0 Å². The second-order valence-electron chi connectivity index (χ2n) is 3.10. The Labute approximate surface area is 76.4 Å². The molecule has 13 heavy (non-hydrogen) atoms. The van der Waals surface area contributed by atoms with Crippen LogP contribution in [0.4, 0.5) is 0 Å². The molecule has 78 valence electrons. The van der Waals surface area contributed by atoms with Crippen LogP contribution in [0.15, 0.2) is 0 Å². The molecule has 0 saturated carbocycles. The van der Waals surface area contributed by atoms with Gasteiger partial charge in [-0.15, -0.1) is 0 Å². The molecular formula is C6H14O6P+. The summed E-state index contributed by atoms with van der Waals surface area (Å²) in [6.45, 7) is 1.57. The lowest BCUT2D eigenvalue weighted by molar-refractivity contribution is -0.0205. The zero-order valence-corrected chi connectivity index (χ0v) is 8.09. The summed E-state index contributed by atoms with van der Waals surface area (Å²) < 4.78 is 9.50. The van der Waals surface area contributed by atoms with Crippen molar-refractivity contribution < 1.29 is 29.0 Å². The van der Waals surface area contributed by atoms with Crippen molar-refractivity contribution in [1.29, 1.82) is 0 Å². The van der Waals surface area contributed by atoms with E-state index in [4.69, 9.17) is 19.4 Å². The van der Waals surface area contributed by atoms with Crippen LogP contribution in [0.3, 0.4) is 0 Å². The minimum Gasteiger partial charge on any atom is -0.390 e. The van der Waals surface area contributed by atoms with Gasteiger partial charge in [-0.3, -0.25) is 0 Å². The van der Waals surface area contributed by atoms with Crippen LogP contribution in [0.5, 0.6) is 0 Å². The Balaban J connectivity index is 2.30. The zero-order chi connectivity index (χ0) is 10.1. The molecule has 0 amide bonds. The molecule has 1 fully saturated rings. The second-order valence-corrected chi connectivity index (χ2v) is 4.38. The van der Waals surface area contributed by atoms with E-state index in [1.54, 1.807) is 6.92 Å². The molecule has 6 nitrogen and oxygen atoms in total. The molecule has 1 aliphatic heterocycles. The molecule has 0 aromatic heterocycles. The van der Waals surface area contributed by atoms with E-state index in [-0.39, 0.29) is 12.7 Å². The van der Waals surface area contributed by atoms with E-state index in [9.17, 15) is 5.11 Å². The molecule has 0 aromatic rings. The Morgan fingerprint density at radius 1 is 1.46 bits per heavy atom. The van der Waals surface area contributed by atoms with Crippen molar-refractivity contribution in [2.45, 2.75) is 31.7 Å². The van der Waals surface area contributed by atoms with Crippen LogP contribution in [0.25, 0.3) is 0 Å². The normalized spacial score (nSPS) is 35.3. The highest BCUT2D eigenvalue weighted by Crippen LogP contribution is 2.46. The summed E-state index contributed by atoms with van der Waals surface area (Å²) in [4.78, 5) is 25.5. The van der Waals surface area contributed by atoms with Crippen LogP contribution in [0, 0.1) is 0 Å². The van der Waals surface area contributed by atoms with Crippen molar-refractivity contribution in [3.8, 4) is 0 Å². The summed E-state index contributed by atoms with van der Waals surface area (Å²) in [6.07, 6.45) is -0.864. The van der Waals surface area contributed by atoms with Crippen molar-refractivity contribution in [3.05, 3.63) is 0 Å². The molecule has 3 atom stereocenters. The van der Waals surface area contributed by atoms with E-state index in [2.05, 4.69) is 4.52 Å². The number of hydrogen-bond acceptors (Lipinski definition) is 6. The number of rotatable bonds is 3. The third-order valence-corrected chi connectivity index (χ3v) is 2.32. The van der Waals surface area contributed by atoms with Crippen LogP contribution in [0.1, 0.15) is 13.3 Å². The number of aliphatic hydroxyl groups is 1. The molecule has 0 radical (unpaired) electrons. The largest absolute Gasteiger partial charge is 0.567 e. The van der Waals surface area contributed by atoms with Gasteiger partial charge in [-0.05, 0) is 6.92 Å². The molecule has 0 bridgehead atoms. The Bertz CT molecular complexity index is 169. The standard InChI is InChI=1S/C6H14O6P/c1-4-2-5(7)6(12-4)3-11-13(8,9)10/h4-10H,2-3H2,1H3/q+1. The summed E-state index contributed by atoms with van der Waals surface area (Å²) >= 11 is 0. The molecule has 1 saturated heterocycles. The maximum absolute atomic E-state index is 9.32. The summed E-state index contributed by atoms with van der Waals surface area (Å²) in [5.41, 5.74) is 0. The number of hydrogen-bond donors (Lipinski definition) is 4. The first-order valence-electron chi connectivity index (χ1n) is 3.94. The Morgan fingerprint density at radius 2 is 2.08 bits per heavy atom. The summed E-state index contributed by atoms with van der Waals surface area (Å²) in [5.74, 6) is 0. The fraction of sp³-hybridized carbons (Fsp3) is 1.00. The Hall–Kier alpha value is 0.190. The van der Waals surface area contributed by atoms with Gasteiger partial charge in [0.2, 0.25) is 0 Å². The van der Waals surface area contributed by atoms with Gasteiger partial charge in [0.1, 0.15) is 12.7 Å². The van der Waals surface area contributed by atoms with Gasteiger partial charge in [-0.25, -0.2) is 0 Å². The summed E-state index contributed by atoms with van der Waals surface area (Å²) in [6, 6.07) is 0. The minimum absolute atomic E-state index is 0.0765.